The maximum atomic E-state index is 12.5. The predicted molar refractivity (Wildman–Crippen MR) is 108 cm³/mol. The zero-order chi connectivity index (χ0) is 19.3. The number of imidazole rings is 1. The van der Waals surface area contributed by atoms with Crippen LogP contribution < -0.4 is 10.9 Å². The van der Waals surface area contributed by atoms with Gasteiger partial charge in [0.05, 0.1) is 22.1 Å². The molecule has 138 valence electrons. The molecule has 1 amide bonds. The summed E-state index contributed by atoms with van der Waals surface area (Å²) < 4.78 is 4.12. The van der Waals surface area contributed by atoms with Crippen LogP contribution in [0.2, 0.25) is 5.02 Å². The molecule has 4 rings (SSSR count). The van der Waals surface area contributed by atoms with E-state index in [1.54, 1.807) is 17.9 Å². The quantitative estimate of drug-likeness (QED) is 0.571. The molecule has 0 aliphatic carbocycles. The minimum absolute atomic E-state index is 0.0747. The number of hydrogen-bond donors (Lipinski definition) is 1. The zero-order valence-corrected chi connectivity index (χ0v) is 16.5. The molecule has 0 saturated heterocycles. The number of amides is 1. The van der Waals surface area contributed by atoms with Gasteiger partial charge in [-0.1, -0.05) is 22.9 Å². The Morgan fingerprint density at radius 3 is 2.81 bits per heavy atom. The molecule has 0 aliphatic heterocycles. The summed E-state index contributed by atoms with van der Waals surface area (Å²) in [6.07, 6.45) is 1.57. The molecule has 9 heteroatoms. The van der Waals surface area contributed by atoms with Crippen LogP contribution in [0.3, 0.4) is 0 Å². The number of fused-ring (bicyclic) bond motifs is 2. The second kappa shape index (κ2) is 6.47. The van der Waals surface area contributed by atoms with Crippen LogP contribution in [0.15, 0.2) is 29.3 Å². The number of hydrogen-bond acceptors (Lipinski definition) is 5. The average Bonchev–Trinajstić information content (AvgIpc) is 3.17. The minimum atomic E-state index is -0.218. The van der Waals surface area contributed by atoms with Gasteiger partial charge in [0.1, 0.15) is 6.54 Å². The summed E-state index contributed by atoms with van der Waals surface area (Å²) in [5, 5.41) is 4.02. The summed E-state index contributed by atoms with van der Waals surface area (Å²) in [5.74, 6) is -0.218. The average molecular weight is 402 g/mol. The number of nitrogens with zero attached hydrogens (tertiary/aromatic N) is 4. The van der Waals surface area contributed by atoms with Crippen molar-refractivity contribution in [3.05, 3.63) is 51.0 Å². The summed E-state index contributed by atoms with van der Waals surface area (Å²) in [6, 6.07) is 5.29. The van der Waals surface area contributed by atoms with Gasteiger partial charge >= 0.3 is 0 Å². The highest BCUT2D eigenvalue weighted by Crippen LogP contribution is 2.30. The Hall–Kier alpha value is -2.71. The van der Waals surface area contributed by atoms with Gasteiger partial charge in [0.2, 0.25) is 5.91 Å². The van der Waals surface area contributed by atoms with E-state index in [0.717, 1.165) is 26.9 Å². The highest BCUT2D eigenvalue weighted by atomic mass is 35.5. The fraction of sp³-hybridized carbons (Fsp3) is 0.222. The Balaban J connectivity index is 1.61. The van der Waals surface area contributed by atoms with Gasteiger partial charge in [0.25, 0.3) is 5.56 Å². The number of aryl methyl sites for hydroxylation is 3. The lowest BCUT2D eigenvalue weighted by atomic mass is 10.2. The second-order valence-electron chi connectivity index (χ2n) is 6.41. The van der Waals surface area contributed by atoms with E-state index in [1.165, 1.54) is 22.0 Å². The third-order valence-corrected chi connectivity index (χ3v) is 5.75. The molecule has 7 nitrogen and oxygen atoms in total. The largest absolute Gasteiger partial charge is 0.320 e. The van der Waals surface area contributed by atoms with E-state index in [4.69, 9.17) is 11.6 Å². The Morgan fingerprint density at radius 2 is 2.04 bits per heavy atom. The molecule has 0 spiro atoms. The molecular weight excluding hydrogens is 386 g/mol. The highest BCUT2D eigenvalue weighted by molar-refractivity contribution is 7.22. The number of benzene rings is 1. The molecule has 1 aromatic carbocycles. The molecule has 0 atom stereocenters. The number of nitrogens with one attached hydrogen (secondary N) is 1. The van der Waals surface area contributed by atoms with Crippen molar-refractivity contribution in [3.8, 4) is 0 Å². The van der Waals surface area contributed by atoms with Gasteiger partial charge in [-0.2, -0.15) is 0 Å². The number of halogens is 1. The predicted octanol–water partition coefficient (Wildman–Crippen LogP) is 3.25. The summed E-state index contributed by atoms with van der Waals surface area (Å²) >= 11 is 7.52. The van der Waals surface area contributed by atoms with E-state index in [1.807, 2.05) is 26.0 Å². The van der Waals surface area contributed by atoms with E-state index in [-0.39, 0.29) is 18.0 Å². The zero-order valence-electron chi connectivity index (χ0n) is 14.9. The van der Waals surface area contributed by atoms with E-state index >= 15 is 0 Å². The molecule has 0 saturated carbocycles. The Labute approximate surface area is 163 Å². The molecule has 0 bridgehead atoms. The van der Waals surface area contributed by atoms with Gasteiger partial charge < -0.3 is 9.88 Å². The van der Waals surface area contributed by atoms with Crippen LogP contribution >= 0.6 is 22.9 Å². The van der Waals surface area contributed by atoms with Crippen LogP contribution in [-0.4, -0.2) is 25.0 Å². The molecule has 0 unspecified atom stereocenters. The van der Waals surface area contributed by atoms with Crippen molar-refractivity contribution in [2.45, 2.75) is 20.4 Å². The van der Waals surface area contributed by atoms with Crippen LogP contribution in [0.4, 0.5) is 5.13 Å². The molecule has 3 heterocycles. The molecular formula is C18H16ClN5O2S. The number of aromatic nitrogens is 4. The molecule has 27 heavy (non-hydrogen) atoms. The number of thiazole rings is 1. The lowest BCUT2D eigenvalue weighted by molar-refractivity contribution is -0.116. The van der Waals surface area contributed by atoms with Gasteiger partial charge in [0, 0.05) is 18.1 Å². The number of rotatable bonds is 3. The highest BCUT2D eigenvalue weighted by Gasteiger charge is 2.14. The van der Waals surface area contributed by atoms with Gasteiger partial charge in [-0.15, -0.1) is 0 Å². The standard InChI is InChI=1S/C18H16ClN5O2S/c1-9-4-12-13(6-11(9)19)27-18(21-12)22-14(25)7-24-8-20-17-16(24)10(2)5-15(26)23(17)3/h4-6,8H,7H2,1-3H3,(H,21,22,25). The first-order valence-electron chi connectivity index (χ1n) is 8.21. The van der Waals surface area contributed by atoms with Crippen molar-refractivity contribution in [2.24, 2.45) is 7.05 Å². The minimum Gasteiger partial charge on any atom is -0.320 e. The monoisotopic (exact) mass is 401 g/mol. The molecule has 0 aliphatic rings. The topological polar surface area (TPSA) is 81.8 Å². The van der Waals surface area contributed by atoms with Gasteiger partial charge in [-0.3, -0.25) is 14.2 Å². The Kier molecular flexibility index (Phi) is 4.24. The smallest absolute Gasteiger partial charge is 0.252 e. The first kappa shape index (κ1) is 17.7. The van der Waals surface area contributed by atoms with Crippen molar-refractivity contribution in [1.29, 1.82) is 0 Å². The van der Waals surface area contributed by atoms with Crippen molar-refractivity contribution >= 4 is 55.4 Å². The van der Waals surface area contributed by atoms with Crippen LogP contribution in [0.1, 0.15) is 11.1 Å². The van der Waals surface area contributed by atoms with E-state index in [9.17, 15) is 9.59 Å². The summed E-state index contributed by atoms with van der Waals surface area (Å²) in [7, 11) is 1.66. The fourth-order valence-corrected chi connectivity index (χ4v) is 4.15. The fourth-order valence-electron chi connectivity index (χ4n) is 3.02. The van der Waals surface area contributed by atoms with Gasteiger partial charge in [-0.05, 0) is 37.1 Å². The number of carbonyl (C=O) groups excluding carboxylic acids is 1. The third kappa shape index (κ3) is 3.11. The maximum absolute atomic E-state index is 12.5. The summed E-state index contributed by atoms with van der Waals surface area (Å²) in [4.78, 5) is 33.1. The first-order chi connectivity index (χ1) is 12.8. The van der Waals surface area contributed by atoms with Crippen molar-refractivity contribution in [2.75, 3.05) is 5.32 Å². The number of anilines is 1. The van der Waals surface area contributed by atoms with Crippen LogP contribution in [0, 0.1) is 13.8 Å². The summed E-state index contributed by atoms with van der Waals surface area (Å²) in [6.45, 7) is 3.82. The van der Waals surface area contributed by atoms with Crippen LogP contribution in [-0.2, 0) is 18.4 Å². The second-order valence-corrected chi connectivity index (χ2v) is 7.84. The van der Waals surface area contributed by atoms with Crippen molar-refractivity contribution < 1.29 is 4.79 Å². The van der Waals surface area contributed by atoms with Crippen LogP contribution in [0.5, 0.6) is 0 Å². The van der Waals surface area contributed by atoms with Crippen molar-refractivity contribution in [3.63, 3.8) is 0 Å². The Morgan fingerprint density at radius 1 is 1.26 bits per heavy atom. The van der Waals surface area contributed by atoms with Crippen LogP contribution in [0.25, 0.3) is 21.4 Å². The molecule has 4 aromatic rings. The molecule has 0 fully saturated rings. The number of carbonyl (C=O) groups is 1. The normalized spacial score (nSPS) is 11.4. The van der Waals surface area contributed by atoms with E-state index in [2.05, 4.69) is 15.3 Å². The Bertz CT molecular complexity index is 1230. The first-order valence-corrected chi connectivity index (χ1v) is 9.41. The maximum Gasteiger partial charge on any atom is 0.252 e. The van der Waals surface area contributed by atoms with Gasteiger partial charge in [-0.25, -0.2) is 9.97 Å². The molecule has 0 radical (unpaired) electrons. The molecule has 1 N–H and O–H groups in total. The SMILES string of the molecule is Cc1cc2nc(NC(=O)Cn3cnc4c3c(C)cc(=O)n4C)sc2cc1Cl. The summed E-state index contributed by atoms with van der Waals surface area (Å²) in [5.41, 5.74) is 3.72. The molecule has 3 aromatic heterocycles. The van der Waals surface area contributed by atoms with Crippen molar-refractivity contribution in [1.82, 2.24) is 19.1 Å². The number of pyridine rings is 1. The third-order valence-electron chi connectivity index (χ3n) is 4.41. The van der Waals surface area contributed by atoms with Gasteiger partial charge in [0.15, 0.2) is 10.8 Å². The van der Waals surface area contributed by atoms with E-state index in [0.29, 0.717) is 15.8 Å². The lowest BCUT2D eigenvalue weighted by Crippen LogP contribution is -2.20. The van der Waals surface area contributed by atoms with E-state index < -0.39 is 0 Å². The lowest BCUT2D eigenvalue weighted by Gasteiger charge is -2.07.